The lowest BCUT2D eigenvalue weighted by Gasteiger charge is -2.05. The van der Waals surface area contributed by atoms with E-state index in [0.717, 1.165) is 33.6 Å². The Kier molecular flexibility index (Phi) is 4.90. The summed E-state index contributed by atoms with van der Waals surface area (Å²) < 4.78 is 7.72. The zero-order valence-corrected chi connectivity index (χ0v) is 15.6. The summed E-state index contributed by atoms with van der Waals surface area (Å²) >= 11 is 6.43. The largest absolute Gasteiger partial charge is 0.490 e. The predicted molar refractivity (Wildman–Crippen MR) is 110 cm³/mol. The quantitative estimate of drug-likeness (QED) is 0.332. The van der Waals surface area contributed by atoms with Crippen LogP contribution in [0.25, 0.3) is 27.8 Å². The van der Waals surface area contributed by atoms with Crippen LogP contribution in [0.5, 0.6) is 5.75 Å². The van der Waals surface area contributed by atoms with E-state index in [2.05, 4.69) is 16.2 Å². The van der Waals surface area contributed by atoms with Gasteiger partial charge in [0.1, 0.15) is 29.5 Å². The van der Waals surface area contributed by atoms with E-state index in [1.165, 1.54) is 6.33 Å². The van der Waals surface area contributed by atoms with E-state index >= 15 is 0 Å². The van der Waals surface area contributed by atoms with Gasteiger partial charge in [0.05, 0.1) is 5.39 Å². The first-order chi connectivity index (χ1) is 13.3. The van der Waals surface area contributed by atoms with Gasteiger partial charge in [0, 0.05) is 17.4 Å². The fourth-order valence-electron chi connectivity index (χ4n) is 3.00. The minimum absolute atomic E-state index is 0.443. The van der Waals surface area contributed by atoms with Crippen molar-refractivity contribution in [2.24, 2.45) is 0 Å². The summed E-state index contributed by atoms with van der Waals surface area (Å²) in [6, 6.07) is 18.0. The standard InChI is InChI=1S/C22H18ClN3O/c1-2-3-13-27-18-11-9-16(10-12-18)19-14-26(17-7-5-4-6-8-17)22-20(19)21(23)24-15-25-22/h2-12,14-15H,13H2,1H3. The minimum Gasteiger partial charge on any atom is -0.490 e. The van der Waals surface area contributed by atoms with E-state index in [1.807, 2.05) is 78.2 Å². The number of ether oxygens (including phenoxy) is 1. The second kappa shape index (κ2) is 7.64. The van der Waals surface area contributed by atoms with Crippen LogP contribution in [-0.4, -0.2) is 21.1 Å². The highest BCUT2D eigenvalue weighted by Crippen LogP contribution is 2.35. The van der Waals surface area contributed by atoms with Crippen molar-refractivity contribution in [2.75, 3.05) is 6.61 Å². The molecule has 0 aliphatic rings. The first-order valence-electron chi connectivity index (χ1n) is 8.69. The van der Waals surface area contributed by atoms with Crippen LogP contribution < -0.4 is 4.74 Å². The highest BCUT2D eigenvalue weighted by molar-refractivity contribution is 6.35. The molecule has 0 atom stereocenters. The molecule has 0 N–H and O–H groups in total. The average Bonchev–Trinajstić information content (AvgIpc) is 3.10. The van der Waals surface area contributed by atoms with Gasteiger partial charge in [-0.25, -0.2) is 9.97 Å². The van der Waals surface area contributed by atoms with Gasteiger partial charge in [0.2, 0.25) is 0 Å². The van der Waals surface area contributed by atoms with Crippen molar-refractivity contribution in [3.63, 3.8) is 0 Å². The molecule has 0 aliphatic heterocycles. The van der Waals surface area contributed by atoms with Crippen molar-refractivity contribution >= 4 is 22.6 Å². The number of fused-ring (bicyclic) bond motifs is 1. The van der Waals surface area contributed by atoms with Crippen LogP contribution in [0, 0.1) is 0 Å². The molecule has 2 heterocycles. The van der Waals surface area contributed by atoms with Crippen molar-refractivity contribution in [1.82, 2.24) is 14.5 Å². The minimum atomic E-state index is 0.443. The van der Waals surface area contributed by atoms with Gasteiger partial charge in [-0.1, -0.05) is 54.1 Å². The molecule has 2 aromatic carbocycles. The summed E-state index contributed by atoms with van der Waals surface area (Å²) in [5.74, 6) is 0.825. The number of aromatic nitrogens is 3. The van der Waals surface area contributed by atoms with Crippen molar-refractivity contribution < 1.29 is 4.74 Å². The van der Waals surface area contributed by atoms with Gasteiger partial charge in [-0.15, -0.1) is 0 Å². The van der Waals surface area contributed by atoms with E-state index in [1.54, 1.807) is 0 Å². The Morgan fingerprint density at radius 3 is 2.56 bits per heavy atom. The molecule has 0 fully saturated rings. The summed E-state index contributed by atoms with van der Waals surface area (Å²) in [5.41, 5.74) is 3.82. The van der Waals surface area contributed by atoms with Crippen LogP contribution in [0.4, 0.5) is 0 Å². The number of rotatable bonds is 5. The summed E-state index contributed by atoms with van der Waals surface area (Å²) in [6.45, 7) is 2.53. The van der Waals surface area contributed by atoms with Crippen molar-refractivity contribution in [2.45, 2.75) is 6.92 Å². The number of para-hydroxylation sites is 1. The van der Waals surface area contributed by atoms with Crippen LogP contribution in [0.2, 0.25) is 5.15 Å². The molecule has 2 aromatic heterocycles. The van der Waals surface area contributed by atoms with Gasteiger partial charge in [-0.2, -0.15) is 0 Å². The number of allylic oxidation sites excluding steroid dienone is 1. The molecule has 27 heavy (non-hydrogen) atoms. The summed E-state index contributed by atoms with van der Waals surface area (Å²) in [6.07, 6.45) is 7.48. The van der Waals surface area contributed by atoms with Crippen LogP contribution in [0.1, 0.15) is 6.92 Å². The summed E-state index contributed by atoms with van der Waals surface area (Å²) in [4.78, 5) is 8.64. The molecule has 0 aliphatic carbocycles. The monoisotopic (exact) mass is 375 g/mol. The molecule has 5 heteroatoms. The first kappa shape index (κ1) is 17.3. The zero-order chi connectivity index (χ0) is 18.6. The number of nitrogens with zero attached hydrogens (tertiary/aromatic N) is 3. The third kappa shape index (κ3) is 3.44. The maximum Gasteiger partial charge on any atom is 0.150 e. The maximum atomic E-state index is 6.43. The van der Waals surface area contributed by atoms with Crippen molar-refractivity contribution in [3.8, 4) is 22.6 Å². The third-order valence-electron chi connectivity index (χ3n) is 4.32. The Balaban J connectivity index is 1.80. The lowest BCUT2D eigenvalue weighted by Crippen LogP contribution is -1.93. The SMILES string of the molecule is CC=CCOc1ccc(-c2cn(-c3ccccc3)c3ncnc(Cl)c23)cc1. The Bertz CT molecular complexity index is 1090. The Labute approximate surface area is 162 Å². The Morgan fingerprint density at radius 2 is 1.81 bits per heavy atom. The number of hydrogen-bond donors (Lipinski definition) is 0. The van der Waals surface area contributed by atoms with Crippen molar-refractivity contribution in [3.05, 3.63) is 84.4 Å². The zero-order valence-electron chi connectivity index (χ0n) is 14.8. The van der Waals surface area contributed by atoms with Gasteiger partial charge in [0.25, 0.3) is 0 Å². The van der Waals surface area contributed by atoms with Gasteiger partial charge in [0.15, 0.2) is 0 Å². The van der Waals surface area contributed by atoms with E-state index in [0.29, 0.717) is 11.8 Å². The van der Waals surface area contributed by atoms with E-state index in [4.69, 9.17) is 16.3 Å². The van der Waals surface area contributed by atoms with E-state index in [9.17, 15) is 0 Å². The van der Waals surface area contributed by atoms with E-state index < -0.39 is 0 Å². The molecule has 4 aromatic rings. The summed E-state index contributed by atoms with van der Waals surface area (Å²) in [5, 5.41) is 1.28. The molecular weight excluding hydrogens is 358 g/mol. The molecule has 0 spiro atoms. The molecule has 0 unspecified atom stereocenters. The third-order valence-corrected chi connectivity index (χ3v) is 4.60. The fourth-order valence-corrected chi connectivity index (χ4v) is 3.23. The maximum absolute atomic E-state index is 6.43. The van der Waals surface area contributed by atoms with Crippen LogP contribution in [0.15, 0.2) is 79.3 Å². The first-order valence-corrected chi connectivity index (χ1v) is 9.07. The second-order valence-electron chi connectivity index (χ2n) is 6.02. The highest BCUT2D eigenvalue weighted by atomic mass is 35.5. The van der Waals surface area contributed by atoms with Gasteiger partial charge in [-0.3, -0.25) is 0 Å². The molecule has 0 saturated heterocycles. The van der Waals surface area contributed by atoms with Gasteiger partial charge in [-0.05, 0) is 36.8 Å². The topological polar surface area (TPSA) is 39.9 Å². The van der Waals surface area contributed by atoms with Crippen LogP contribution >= 0.6 is 11.6 Å². The molecular formula is C22H18ClN3O. The lowest BCUT2D eigenvalue weighted by atomic mass is 10.1. The smallest absolute Gasteiger partial charge is 0.150 e. The molecule has 0 amide bonds. The number of hydrogen-bond acceptors (Lipinski definition) is 3. The average molecular weight is 376 g/mol. The molecule has 0 saturated carbocycles. The normalized spacial score (nSPS) is 11.3. The molecule has 134 valence electrons. The Morgan fingerprint density at radius 1 is 1.04 bits per heavy atom. The molecule has 0 radical (unpaired) electrons. The van der Waals surface area contributed by atoms with Crippen molar-refractivity contribution in [1.29, 1.82) is 0 Å². The highest BCUT2D eigenvalue weighted by Gasteiger charge is 2.16. The van der Waals surface area contributed by atoms with Crippen LogP contribution in [-0.2, 0) is 0 Å². The van der Waals surface area contributed by atoms with Gasteiger partial charge < -0.3 is 9.30 Å². The summed E-state index contributed by atoms with van der Waals surface area (Å²) in [7, 11) is 0. The molecule has 4 nitrogen and oxygen atoms in total. The molecule has 0 bridgehead atoms. The van der Waals surface area contributed by atoms with Crippen LogP contribution in [0.3, 0.4) is 0 Å². The van der Waals surface area contributed by atoms with E-state index in [-0.39, 0.29) is 0 Å². The predicted octanol–water partition coefficient (Wildman–Crippen LogP) is 5.70. The van der Waals surface area contributed by atoms with Gasteiger partial charge >= 0.3 is 0 Å². The number of benzene rings is 2. The Hall–Kier alpha value is -3.11. The number of halogens is 1. The fraction of sp³-hybridized carbons (Fsp3) is 0.0909. The second-order valence-corrected chi connectivity index (χ2v) is 6.37. The molecule has 4 rings (SSSR count). The lowest BCUT2D eigenvalue weighted by molar-refractivity contribution is 0.363.